The van der Waals surface area contributed by atoms with Crippen molar-refractivity contribution in [2.45, 2.75) is 31.0 Å². The first-order valence-corrected chi connectivity index (χ1v) is 6.82. The van der Waals surface area contributed by atoms with E-state index < -0.39 is 5.60 Å². The third-order valence-corrected chi connectivity index (χ3v) is 4.08. The molecule has 2 aliphatic rings. The number of carbonyl (C=O) groups excluding carboxylic acids is 1. The van der Waals surface area contributed by atoms with Crippen molar-refractivity contribution in [3.8, 4) is 11.5 Å². The Kier molecular flexibility index (Phi) is 3.26. The zero-order valence-electron chi connectivity index (χ0n) is 11.7. The molecule has 106 valence electrons. The van der Waals surface area contributed by atoms with Gasteiger partial charge in [-0.05, 0) is 43.0 Å². The molecule has 0 amide bonds. The second kappa shape index (κ2) is 4.94. The quantitative estimate of drug-likeness (QED) is 0.611. The van der Waals surface area contributed by atoms with E-state index in [0.717, 1.165) is 24.8 Å². The molecule has 1 aliphatic heterocycles. The minimum absolute atomic E-state index is 0.0785. The molecule has 1 heterocycles. The van der Waals surface area contributed by atoms with Crippen LogP contribution >= 0.6 is 0 Å². The highest BCUT2D eigenvalue weighted by atomic mass is 16.6. The molecule has 1 aromatic carbocycles. The molecule has 2 fully saturated rings. The van der Waals surface area contributed by atoms with Gasteiger partial charge in [-0.2, -0.15) is 0 Å². The molecule has 2 atom stereocenters. The third kappa shape index (κ3) is 2.10. The number of fused-ring (bicyclic) bond motifs is 1. The van der Waals surface area contributed by atoms with Crippen LogP contribution in [0.15, 0.2) is 24.3 Å². The van der Waals surface area contributed by atoms with Crippen molar-refractivity contribution in [3.63, 3.8) is 0 Å². The van der Waals surface area contributed by atoms with Gasteiger partial charge in [-0.15, -0.1) is 0 Å². The molecule has 4 nitrogen and oxygen atoms in total. The van der Waals surface area contributed by atoms with Crippen LogP contribution in [0, 0.1) is 0 Å². The van der Waals surface area contributed by atoms with E-state index in [4.69, 9.17) is 14.2 Å². The van der Waals surface area contributed by atoms with E-state index in [1.54, 1.807) is 26.4 Å². The molecular formula is C16H18O4. The minimum Gasteiger partial charge on any atom is -0.493 e. The molecule has 0 radical (unpaired) electrons. The molecule has 20 heavy (non-hydrogen) atoms. The van der Waals surface area contributed by atoms with Gasteiger partial charge < -0.3 is 14.2 Å². The first-order valence-electron chi connectivity index (χ1n) is 6.82. The average Bonchev–Trinajstić information content (AvgIpc) is 3.06. The highest BCUT2D eigenvalue weighted by Gasteiger charge is 2.63. The molecule has 1 aliphatic carbocycles. The van der Waals surface area contributed by atoms with Gasteiger partial charge in [-0.25, -0.2) is 0 Å². The third-order valence-electron chi connectivity index (χ3n) is 4.08. The topological polar surface area (TPSA) is 48.1 Å². The van der Waals surface area contributed by atoms with Crippen LogP contribution in [-0.4, -0.2) is 31.7 Å². The van der Waals surface area contributed by atoms with Gasteiger partial charge in [0, 0.05) is 0 Å². The maximum absolute atomic E-state index is 12.2. The van der Waals surface area contributed by atoms with Crippen molar-refractivity contribution in [1.29, 1.82) is 0 Å². The molecule has 0 aromatic heterocycles. The van der Waals surface area contributed by atoms with Crippen LogP contribution < -0.4 is 9.47 Å². The maximum atomic E-state index is 12.2. The van der Waals surface area contributed by atoms with Crippen molar-refractivity contribution in [2.24, 2.45) is 0 Å². The zero-order valence-corrected chi connectivity index (χ0v) is 11.7. The van der Waals surface area contributed by atoms with Gasteiger partial charge in [0.2, 0.25) is 0 Å². The molecule has 1 aromatic rings. The lowest BCUT2D eigenvalue weighted by atomic mass is 10.0. The number of epoxide rings is 1. The van der Waals surface area contributed by atoms with Crippen LogP contribution in [0.3, 0.4) is 0 Å². The van der Waals surface area contributed by atoms with Crippen LogP contribution in [-0.2, 0) is 9.53 Å². The van der Waals surface area contributed by atoms with Crippen LogP contribution in [0.2, 0.25) is 0 Å². The SMILES string of the molecule is COc1ccc(C=CC(=O)C23CCCC2O3)cc1OC. The van der Waals surface area contributed by atoms with Gasteiger partial charge in [0.1, 0.15) is 0 Å². The normalized spacial score (nSPS) is 27.4. The molecule has 4 heteroatoms. The number of carbonyl (C=O) groups is 1. The number of hydrogen-bond acceptors (Lipinski definition) is 4. The highest BCUT2D eigenvalue weighted by Crippen LogP contribution is 2.50. The van der Waals surface area contributed by atoms with E-state index in [-0.39, 0.29) is 11.9 Å². The Balaban J connectivity index is 1.74. The van der Waals surface area contributed by atoms with E-state index >= 15 is 0 Å². The lowest BCUT2D eigenvalue weighted by Gasteiger charge is -2.07. The Hall–Kier alpha value is -1.81. The first-order chi connectivity index (χ1) is 9.69. The van der Waals surface area contributed by atoms with E-state index in [2.05, 4.69) is 0 Å². The summed E-state index contributed by atoms with van der Waals surface area (Å²) in [4.78, 5) is 12.2. The lowest BCUT2D eigenvalue weighted by molar-refractivity contribution is -0.119. The van der Waals surface area contributed by atoms with Crippen molar-refractivity contribution >= 4 is 11.9 Å². The summed E-state index contributed by atoms with van der Waals surface area (Å²) in [6.45, 7) is 0. The molecule has 2 unspecified atom stereocenters. The van der Waals surface area contributed by atoms with Gasteiger partial charge in [-0.1, -0.05) is 12.1 Å². The van der Waals surface area contributed by atoms with E-state index in [1.165, 1.54) is 0 Å². The van der Waals surface area contributed by atoms with Gasteiger partial charge >= 0.3 is 0 Å². The summed E-state index contributed by atoms with van der Waals surface area (Å²) >= 11 is 0. The highest BCUT2D eigenvalue weighted by molar-refractivity contribution is 6.02. The van der Waals surface area contributed by atoms with E-state index in [0.29, 0.717) is 11.5 Å². The van der Waals surface area contributed by atoms with Crippen LogP contribution in [0.1, 0.15) is 24.8 Å². The maximum Gasteiger partial charge on any atom is 0.190 e. The first kappa shape index (κ1) is 13.2. The predicted molar refractivity (Wildman–Crippen MR) is 75.0 cm³/mol. The monoisotopic (exact) mass is 274 g/mol. The Labute approximate surface area is 118 Å². The number of methoxy groups -OCH3 is 2. The fraction of sp³-hybridized carbons (Fsp3) is 0.438. The lowest BCUT2D eigenvalue weighted by Crippen LogP contribution is -2.21. The summed E-state index contributed by atoms with van der Waals surface area (Å²) in [5, 5.41) is 0. The minimum atomic E-state index is -0.493. The largest absolute Gasteiger partial charge is 0.493 e. The molecule has 1 saturated carbocycles. The van der Waals surface area contributed by atoms with Crippen LogP contribution in [0.4, 0.5) is 0 Å². The number of ether oxygens (including phenoxy) is 3. The molecule has 0 N–H and O–H groups in total. The molecule has 3 rings (SSSR count). The fourth-order valence-corrected chi connectivity index (χ4v) is 2.89. The number of hydrogen-bond donors (Lipinski definition) is 0. The molecular weight excluding hydrogens is 256 g/mol. The Bertz CT molecular complexity index is 564. The molecule has 0 spiro atoms. The van der Waals surface area contributed by atoms with Crippen LogP contribution in [0.5, 0.6) is 11.5 Å². The Morgan fingerprint density at radius 3 is 2.75 bits per heavy atom. The summed E-state index contributed by atoms with van der Waals surface area (Å²) in [5.41, 5.74) is 0.412. The summed E-state index contributed by atoms with van der Waals surface area (Å²) in [7, 11) is 3.19. The van der Waals surface area contributed by atoms with E-state index in [9.17, 15) is 4.79 Å². The van der Waals surface area contributed by atoms with Crippen molar-refractivity contribution in [3.05, 3.63) is 29.8 Å². The Morgan fingerprint density at radius 2 is 2.15 bits per heavy atom. The average molecular weight is 274 g/mol. The smallest absolute Gasteiger partial charge is 0.190 e. The number of rotatable bonds is 5. The summed E-state index contributed by atoms with van der Waals surface area (Å²) in [6.07, 6.45) is 6.52. The van der Waals surface area contributed by atoms with Gasteiger partial charge in [0.15, 0.2) is 22.9 Å². The summed E-state index contributed by atoms with van der Waals surface area (Å²) in [5.74, 6) is 1.41. The standard InChI is InChI=1S/C16H18O4/c1-18-12-7-5-11(10-13(12)19-2)6-8-14(17)16-9-3-4-15(16)20-16/h5-8,10,15H,3-4,9H2,1-2H3. The predicted octanol–water partition coefficient (Wildman–Crippen LogP) is 2.61. The molecule has 1 saturated heterocycles. The van der Waals surface area contributed by atoms with Gasteiger partial charge in [0.25, 0.3) is 0 Å². The van der Waals surface area contributed by atoms with Crippen molar-refractivity contribution in [2.75, 3.05) is 14.2 Å². The summed E-state index contributed by atoms with van der Waals surface area (Å²) in [6, 6.07) is 5.57. The number of ketones is 1. The summed E-state index contributed by atoms with van der Waals surface area (Å²) < 4.78 is 16.0. The Morgan fingerprint density at radius 1 is 1.35 bits per heavy atom. The fourth-order valence-electron chi connectivity index (χ4n) is 2.89. The van der Waals surface area contributed by atoms with Gasteiger partial charge in [-0.3, -0.25) is 4.79 Å². The second-order valence-corrected chi connectivity index (χ2v) is 5.20. The second-order valence-electron chi connectivity index (χ2n) is 5.20. The molecule has 0 bridgehead atoms. The van der Waals surface area contributed by atoms with Gasteiger partial charge in [0.05, 0.1) is 20.3 Å². The van der Waals surface area contributed by atoms with Crippen molar-refractivity contribution in [1.82, 2.24) is 0 Å². The zero-order chi connectivity index (χ0) is 14.2. The van der Waals surface area contributed by atoms with Crippen molar-refractivity contribution < 1.29 is 19.0 Å². The van der Waals surface area contributed by atoms with E-state index in [1.807, 2.05) is 18.2 Å². The van der Waals surface area contributed by atoms with Crippen LogP contribution in [0.25, 0.3) is 6.08 Å². The number of benzene rings is 1.